The highest BCUT2D eigenvalue weighted by molar-refractivity contribution is 5.26. The molecule has 1 heteroatoms. The van der Waals surface area contributed by atoms with Gasteiger partial charge >= 0.3 is 0 Å². The van der Waals surface area contributed by atoms with Crippen LogP contribution in [-0.2, 0) is 17.1 Å². The van der Waals surface area contributed by atoms with Gasteiger partial charge < -0.3 is 0 Å². The maximum absolute atomic E-state index is 10.5. The van der Waals surface area contributed by atoms with Crippen molar-refractivity contribution in [1.29, 1.82) is 0 Å². The SMILES string of the molecule is CC(C)(C)c1ccc(C[O])cc1. The highest BCUT2D eigenvalue weighted by Gasteiger charge is 2.12. The summed E-state index contributed by atoms with van der Waals surface area (Å²) in [7, 11) is 0. The first kappa shape index (κ1) is 9.27. The molecule has 0 aliphatic rings. The zero-order valence-corrected chi connectivity index (χ0v) is 7.92. The lowest BCUT2D eigenvalue weighted by Crippen LogP contribution is -2.10. The molecule has 0 N–H and O–H groups in total. The van der Waals surface area contributed by atoms with E-state index in [-0.39, 0.29) is 12.0 Å². The van der Waals surface area contributed by atoms with Gasteiger partial charge in [-0.2, -0.15) is 0 Å². The number of benzene rings is 1. The highest BCUT2D eigenvalue weighted by atomic mass is 16.3. The van der Waals surface area contributed by atoms with Gasteiger partial charge in [-0.15, -0.1) is 0 Å². The minimum Gasteiger partial charge on any atom is -0.232 e. The third-order valence-corrected chi connectivity index (χ3v) is 1.99. The molecule has 0 amide bonds. The van der Waals surface area contributed by atoms with Crippen molar-refractivity contribution in [1.82, 2.24) is 0 Å². The Kier molecular flexibility index (Phi) is 2.53. The van der Waals surface area contributed by atoms with Gasteiger partial charge in [0.25, 0.3) is 0 Å². The van der Waals surface area contributed by atoms with Crippen LogP contribution < -0.4 is 0 Å². The van der Waals surface area contributed by atoms with Crippen LogP contribution in [0.4, 0.5) is 0 Å². The third-order valence-electron chi connectivity index (χ3n) is 1.99. The Labute approximate surface area is 74.1 Å². The molecule has 1 nitrogen and oxygen atoms in total. The molecule has 1 aromatic rings. The molecule has 0 atom stereocenters. The summed E-state index contributed by atoms with van der Waals surface area (Å²) in [6.07, 6.45) is 0. The third kappa shape index (κ3) is 2.08. The molecule has 0 spiro atoms. The van der Waals surface area contributed by atoms with E-state index in [9.17, 15) is 5.11 Å². The summed E-state index contributed by atoms with van der Waals surface area (Å²) in [5, 5.41) is 10.5. The summed E-state index contributed by atoms with van der Waals surface area (Å²) >= 11 is 0. The number of hydrogen-bond donors (Lipinski definition) is 0. The Bertz CT molecular complexity index is 241. The van der Waals surface area contributed by atoms with Crippen molar-refractivity contribution in [3.63, 3.8) is 0 Å². The first-order valence-corrected chi connectivity index (χ1v) is 4.21. The second-order valence-electron chi connectivity index (χ2n) is 4.09. The Morgan fingerprint density at radius 1 is 1.08 bits per heavy atom. The van der Waals surface area contributed by atoms with E-state index in [1.54, 1.807) is 0 Å². The lowest BCUT2D eigenvalue weighted by Gasteiger charge is -2.18. The number of rotatable bonds is 1. The van der Waals surface area contributed by atoms with Crippen molar-refractivity contribution in [2.24, 2.45) is 0 Å². The fourth-order valence-electron chi connectivity index (χ4n) is 1.10. The summed E-state index contributed by atoms with van der Waals surface area (Å²) < 4.78 is 0. The Morgan fingerprint density at radius 2 is 1.58 bits per heavy atom. The van der Waals surface area contributed by atoms with Gasteiger partial charge in [-0.25, -0.2) is 5.11 Å². The molecule has 1 aromatic carbocycles. The quantitative estimate of drug-likeness (QED) is 0.606. The normalized spacial score (nSPS) is 11.7. The zero-order valence-electron chi connectivity index (χ0n) is 7.92. The van der Waals surface area contributed by atoms with E-state index in [0.717, 1.165) is 5.56 Å². The summed E-state index contributed by atoms with van der Waals surface area (Å²) in [5.41, 5.74) is 2.32. The van der Waals surface area contributed by atoms with E-state index in [0.29, 0.717) is 0 Å². The topological polar surface area (TPSA) is 19.9 Å². The van der Waals surface area contributed by atoms with Crippen LogP contribution in [0.2, 0.25) is 0 Å². The molecule has 1 rings (SSSR count). The van der Waals surface area contributed by atoms with Gasteiger partial charge in [0.2, 0.25) is 0 Å². The van der Waals surface area contributed by atoms with Gasteiger partial charge in [0, 0.05) is 0 Å². The Hall–Kier alpha value is -0.820. The van der Waals surface area contributed by atoms with Crippen molar-refractivity contribution < 1.29 is 5.11 Å². The van der Waals surface area contributed by atoms with Gasteiger partial charge in [-0.05, 0) is 16.5 Å². The lowest BCUT2D eigenvalue weighted by molar-refractivity contribution is 0.177. The maximum atomic E-state index is 10.5. The maximum Gasteiger partial charge on any atom is 0.107 e. The van der Waals surface area contributed by atoms with Crippen LogP contribution in [0.1, 0.15) is 31.9 Å². The van der Waals surface area contributed by atoms with E-state index in [1.807, 2.05) is 24.3 Å². The Balaban J connectivity index is 2.93. The first-order valence-electron chi connectivity index (χ1n) is 4.21. The van der Waals surface area contributed by atoms with Crippen molar-refractivity contribution in [3.05, 3.63) is 35.4 Å². The van der Waals surface area contributed by atoms with Crippen molar-refractivity contribution in [3.8, 4) is 0 Å². The molecule has 0 unspecified atom stereocenters. The van der Waals surface area contributed by atoms with Gasteiger partial charge in [0.05, 0.1) is 0 Å². The van der Waals surface area contributed by atoms with Crippen molar-refractivity contribution in [2.75, 3.05) is 0 Å². The van der Waals surface area contributed by atoms with Crippen molar-refractivity contribution >= 4 is 0 Å². The summed E-state index contributed by atoms with van der Waals surface area (Å²) in [6.45, 7) is 6.38. The van der Waals surface area contributed by atoms with Gasteiger partial charge in [0.1, 0.15) is 6.61 Å². The largest absolute Gasteiger partial charge is 0.232 e. The van der Waals surface area contributed by atoms with E-state index in [2.05, 4.69) is 20.8 Å². The minimum absolute atomic E-state index is 0.121. The van der Waals surface area contributed by atoms with Crippen LogP contribution in [0, 0.1) is 0 Å². The van der Waals surface area contributed by atoms with E-state index >= 15 is 0 Å². The monoisotopic (exact) mass is 163 g/mol. The van der Waals surface area contributed by atoms with Crippen LogP contribution in [0.3, 0.4) is 0 Å². The second kappa shape index (κ2) is 3.28. The van der Waals surface area contributed by atoms with Crippen LogP contribution in [0.25, 0.3) is 0 Å². The van der Waals surface area contributed by atoms with Gasteiger partial charge in [-0.1, -0.05) is 45.0 Å². The fourth-order valence-corrected chi connectivity index (χ4v) is 1.10. The molecule has 0 aromatic heterocycles. The molecule has 0 heterocycles. The molecule has 65 valence electrons. The molecular formula is C11H15O. The smallest absolute Gasteiger partial charge is 0.107 e. The molecule has 0 saturated heterocycles. The van der Waals surface area contributed by atoms with Crippen LogP contribution in [-0.4, -0.2) is 0 Å². The summed E-state index contributed by atoms with van der Waals surface area (Å²) in [5.74, 6) is 0. The average Bonchev–Trinajstić information content (AvgIpc) is 2.03. The first-order chi connectivity index (χ1) is 5.54. The number of hydrogen-bond acceptors (Lipinski definition) is 0. The van der Waals surface area contributed by atoms with Crippen LogP contribution in [0.5, 0.6) is 0 Å². The van der Waals surface area contributed by atoms with Crippen LogP contribution >= 0.6 is 0 Å². The molecule has 1 radical (unpaired) electrons. The molecule has 0 aliphatic heterocycles. The highest BCUT2D eigenvalue weighted by Crippen LogP contribution is 2.21. The molecule has 0 bridgehead atoms. The van der Waals surface area contributed by atoms with Gasteiger partial charge in [0.15, 0.2) is 0 Å². The zero-order chi connectivity index (χ0) is 9.19. The molecule has 0 aliphatic carbocycles. The predicted molar refractivity (Wildman–Crippen MR) is 49.5 cm³/mol. The summed E-state index contributed by atoms with van der Waals surface area (Å²) in [4.78, 5) is 0. The second-order valence-corrected chi connectivity index (χ2v) is 4.09. The van der Waals surface area contributed by atoms with E-state index in [1.165, 1.54) is 5.56 Å². The summed E-state index contributed by atoms with van der Waals surface area (Å²) in [6, 6.07) is 7.89. The van der Waals surface area contributed by atoms with E-state index in [4.69, 9.17) is 0 Å². The molecular weight excluding hydrogens is 148 g/mol. The Morgan fingerprint density at radius 3 is 1.92 bits per heavy atom. The fraction of sp³-hybridized carbons (Fsp3) is 0.455. The minimum atomic E-state index is -0.121. The van der Waals surface area contributed by atoms with Crippen molar-refractivity contribution in [2.45, 2.75) is 32.8 Å². The predicted octanol–water partition coefficient (Wildman–Crippen LogP) is 2.91. The van der Waals surface area contributed by atoms with Crippen LogP contribution in [0.15, 0.2) is 24.3 Å². The molecule has 12 heavy (non-hydrogen) atoms. The molecule has 0 fully saturated rings. The molecule has 0 saturated carbocycles. The average molecular weight is 163 g/mol. The van der Waals surface area contributed by atoms with E-state index < -0.39 is 0 Å². The standard InChI is InChI=1S/C11H15O/c1-11(2,3)10-6-4-9(8-12)5-7-10/h4-7H,8H2,1-3H3. The lowest BCUT2D eigenvalue weighted by atomic mass is 9.87. The van der Waals surface area contributed by atoms with Gasteiger partial charge in [-0.3, -0.25) is 0 Å².